The standard InChI is InChI=1S/C20H19ClN2O6/c1-3-28-19(26)17(24)22-14-10-13(12-8-6-5-7-9-12)11-15(16(14)21)23-18(25)20(27)29-4-2/h5-11H,3-4H2,1-2H3,(H,22,24)(H,23,25). The molecule has 0 aromatic heterocycles. The van der Waals surface area contributed by atoms with Crippen LogP contribution in [-0.4, -0.2) is 37.0 Å². The Morgan fingerprint density at radius 1 is 0.793 bits per heavy atom. The average Bonchev–Trinajstić information content (AvgIpc) is 2.71. The number of benzene rings is 2. The van der Waals surface area contributed by atoms with Crippen molar-refractivity contribution in [2.45, 2.75) is 13.8 Å². The van der Waals surface area contributed by atoms with Gasteiger partial charge in [0.05, 0.1) is 29.6 Å². The molecule has 0 radical (unpaired) electrons. The summed E-state index contributed by atoms with van der Waals surface area (Å²) in [6.45, 7) is 3.20. The van der Waals surface area contributed by atoms with Gasteiger partial charge in [0.25, 0.3) is 0 Å². The highest BCUT2D eigenvalue weighted by molar-refractivity contribution is 6.43. The normalized spacial score (nSPS) is 10.0. The third kappa shape index (κ3) is 5.79. The molecule has 8 nitrogen and oxygen atoms in total. The van der Waals surface area contributed by atoms with E-state index in [1.54, 1.807) is 38.1 Å². The monoisotopic (exact) mass is 418 g/mol. The fraction of sp³-hybridized carbons (Fsp3) is 0.200. The van der Waals surface area contributed by atoms with Gasteiger partial charge in [-0.05, 0) is 37.1 Å². The molecule has 0 aliphatic rings. The molecule has 2 aromatic carbocycles. The minimum atomic E-state index is -1.08. The molecule has 2 aromatic rings. The van der Waals surface area contributed by atoms with Crippen LogP contribution in [0.25, 0.3) is 11.1 Å². The lowest BCUT2D eigenvalue weighted by Crippen LogP contribution is -2.26. The van der Waals surface area contributed by atoms with Gasteiger partial charge in [-0.25, -0.2) is 9.59 Å². The van der Waals surface area contributed by atoms with Gasteiger partial charge in [0.15, 0.2) is 0 Å². The zero-order valence-electron chi connectivity index (χ0n) is 15.8. The van der Waals surface area contributed by atoms with Gasteiger partial charge in [0.1, 0.15) is 0 Å². The molecule has 29 heavy (non-hydrogen) atoms. The van der Waals surface area contributed by atoms with Crippen LogP contribution >= 0.6 is 11.6 Å². The van der Waals surface area contributed by atoms with Crippen molar-refractivity contribution in [1.29, 1.82) is 0 Å². The maximum absolute atomic E-state index is 12.0. The van der Waals surface area contributed by atoms with Crippen LogP contribution in [0.2, 0.25) is 5.02 Å². The van der Waals surface area contributed by atoms with Crippen molar-refractivity contribution in [2.24, 2.45) is 0 Å². The highest BCUT2D eigenvalue weighted by Gasteiger charge is 2.21. The minimum absolute atomic E-state index is 0.0326. The number of carbonyl (C=O) groups excluding carboxylic acids is 4. The van der Waals surface area contributed by atoms with Gasteiger partial charge >= 0.3 is 23.8 Å². The largest absolute Gasteiger partial charge is 0.459 e. The lowest BCUT2D eigenvalue weighted by atomic mass is 10.0. The van der Waals surface area contributed by atoms with Crippen LogP contribution in [0.5, 0.6) is 0 Å². The topological polar surface area (TPSA) is 111 Å². The Bertz CT molecular complexity index is 877. The quantitative estimate of drug-likeness (QED) is 0.570. The zero-order chi connectivity index (χ0) is 21.4. The third-order valence-corrected chi connectivity index (χ3v) is 4.00. The molecule has 0 heterocycles. The van der Waals surface area contributed by atoms with Crippen LogP contribution in [0.3, 0.4) is 0 Å². The summed E-state index contributed by atoms with van der Waals surface area (Å²) >= 11 is 6.29. The summed E-state index contributed by atoms with van der Waals surface area (Å²) in [6.07, 6.45) is 0. The Kier molecular flexibility index (Phi) is 7.73. The molecule has 0 atom stereocenters. The first kappa shape index (κ1) is 21.9. The average molecular weight is 419 g/mol. The van der Waals surface area contributed by atoms with E-state index in [0.29, 0.717) is 5.56 Å². The molecule has 152 valence electrons. The van der Waals surface area contributed by atoms with Gasteiger partial charge < -0.3 is 20.1 Å². The number of rotatable bonds is 5. The number of halogens is 1. The van der Waals surface area contributed by atoms with Crippen molar-refractivity contribution in [3.05, 3.63) is 47.5 Å². The van der Waals surface area contributed by atoms with Crippen molar-refractivity contribution in [1.82, 2.24) is 0 Å². The van der Waals surface area contributed by atoms with E-state index in [2.05, 4.69) is 20.1 Å². The van der Waals surface area contributed by atoms with E-state index in [4.69, 9.17) is 11.6 Å². The van der Waals surface area contributed by atoms with E-state index in [9.17, 15) is 19.2 Å². The van der Waals surface area contributed by atoms with Crippen molar-refractivity contribution >= 4 is 46.7 Å². The van der Waals surface area contributed by atoms with E-state index in [-0.39, 0.29) is 29.6 Å². The lowest BCUT2D eigenvalue weighted by molar-refractivity contribution is -0.152. The summed E-state index contributed by atoms with van der Waals surface area (Å²) in [5.41, 5.74) is 1.45. The molecule has 2 rings (SSSR count). The molecule has 0 aliphatic carbocycles. The summed E-state index contributed by atoms with van der Waals surface area (Å²) in [5, 5.41) is 4.65. The Hall–Kier alpha value is -3.39. The van der Waals surface area contributed by atoms with Crippen LogP contribution in [0, 0.1) is 0 Å². The first-order chi connectivity index (χ1) is 13.9. The fourth-order valence-corrected chi connectivity index (χ4v) is 2.55. The van der Waals surface area contributed by atoms with Gasteiger partial charge in [-0.1, -0.05) is 41.9 Å². The first-order valence-electron chi connectivity index (χ1n) is 8.72. The molecule has 0 saturated carbocycles. The second-order valence-corrected chi connectivity index (χ2v) is 5.98. The van der Waals surface area contributed by atoms with Gasteiger partial charge in [-0.3, -0.25) is 9.59 Å². The molecule has 0 spiro atoms. The Labute approximate surface area is 172 Å². The molecular formula is C20H19ClN2O6. The summed E-state index contributed by atoms with van der Waals surface area (Å²) in [6, 6.07) is 12.1. The van der Waals surface area contributed by atoms with Crippen molar-refractivity contribution in [2.75, 3.05) is 23.8 Å². The van der Waals surface area contributed by atoms with Gasteiger partial charge in [0.2, 0.25) is 0 Å². The zero-order valence-corrected chi connectivity index (χ0v) is 16.5. The minimum Gasteiger partial charge on any atom is -0.459 e. The lowest BCUT2D eigenvalue weighted by Gasteiger charge is -2.14. The fourth-order valence-electron chi connectivity index (χ4n) is 2.34. The molecule has 9 heteroatoms. The number of anilines is 2. The van der Waals surface area contributed by atoms with Crippen molar-refractivity contribution < 1.29 is 28.7 Å². The molecule has 0 unspecified atom stereocenters. The highest BCUT2D eigenvalue weighted by atomic mass is 35.5. The second kappa shape index (κ2) is 10.2. The number of nitrogens with one attached hydrogen (secondary N) is 2. The molecule has 0 bridgehead atoms. The molecule has 0 saturated heterocycles. The van der Waals surface area contributed by atoms with Crippen LogP contribution in [0.1, 0.15) is 13.8 Å². The Balaban J connectivity index is 2.44. The van der Waals surface area contributed by atoms with Crippen LogP contribution in [0.15, 0.2) is 42.5 Å². The Morgan fingerprint density at radius 3 is 1.66 bits per heavy atom. The molecule has 0 aliphatic heterocycles. The van der Waals surface area contributed by atoms with E-state index in [1.165, 1.54) is 12.1 Å². The van der Waals surface area contributed by atoms with E-state index < -0.39 is 23.8 Å². The maximum Gasteiger partial charge on any atom is 0.397 e. The van der Waals surface area contributed by atoms with Crippen LogP contribution < -0.4 is 10.6 Å². The van der Waals surface area contributed by atoms with Crippen LogP contribution in [-0.2, 0) is 28.7 Å². The van der Waals surface area contributed by atoms with Crippen molar-refractivity contribution in [3.8, 4) is 11.1 Å². The van der Waals surface area contributed by atoms with E-state index >= 15 is 0 Å². The summed E-state index contributed by atoms with van der Waals surface area (Å²) in [4.78, 5) is 47.3. The van der Waals surface area contributed by atoms with Gasteiger partial charge in [-0.15, -0.1) is 0 Å². The predicted octanol–water partition coefficient (Wildman–Crippen LogP) is 3.01. The highest BCUT2D eigenvalue weighted by Crippen LogP contribution is 2.36. The number of amides is 2. The number of carbonyl (C=O) groups is 4. The molecular weight excluding hydrogens is 400 g/mol. The van der Waals surface area contributed by atoms with Gasteiger partial charge in [-0.2, -0.15) is 0 Å². The second-order valence-electron chi connectivity index (χ2n) is 5.60. The van der Waals surface area contributed by atoms with Gasteiger partial charge in [0, 0.05) is 0 Å². The summed E-state index contributed by atoms with van der Waals surface area (Å²) in [5.74, 6) is -4.21. The summed E-state index contributed by atoms with van der Waals surface area (Å²) < 4.78 is 9.32. The summed E-state index contributed by atoms with van der Waals surface area (Å²) in [7, 11) is 0. The first-order valence-corrected chi connectivity index (χ1v) is 9.10. The number of esters is 2. The smallest absolute Gasteiger partial charge is 0.397 e. The van der Waals surface area contributed by atoms with E-state index in [0.717, 1.165) is 5.56 Å². The number of hydrogen-bond donors (Lipinski definition) is 2. The Morgan fingerprint density at radius 2 is 1.24 bits per heavy atom. The number of hydrogen-bond acceptors (Lipinski definition) is 6. The predicted molar refractivity (Wildman–Crippen MR) is 107 cm³/mol. The maximum atomic E-state index is 12.0. The van der Waals surface area contributed by atoms with Crippen molar-refractivity contribution in [3.63, 3.8) is 0 Å². The molecule has 0 fully saturated rings. The third-order valence-electron chi connectivity index (χ3n) is 3.60. The number of ether oxygens (including phenoxy) is 2. The molecule has 2 amide bonds. The van der Waals surface area contributed by atoms with Crippen LogP contribution in [0.4, 0.5) is 11.4 Å². The van der Waals surface area contributed by atoms with E-state index in [1.807, 2.05) is 6.07 Å². The molecule has 2 N–H and O–H groups in total. The SMILES string of the molecule is CCOC(=O)C(=O)Nc1cc(-c2ccccc2)cc(NC(=O)C(=O)OCC)c1Cl.